The van der Waals surface area contributed by atoms with E-state index in [9.17, 15) is 0 Å². The lowest BCUT2D eigenvalue weighted by Gasteiger charge is -2.37. The molecular weight excluding hydrogens is 478 g/mol. The maximum atomic E-state index is 8.74. The fourth-order valence-electron chi connectivity index (χ4n) is 5.65. The molecule has 0 radical (unpaired) electrons. The van der Waals surface area contributed by atoms with Crippen molar-refractivity contribution in [2.75, 3.05) is 0 Å². The largest absolute Gasteiger partial charge is 0.508 e. The predicted octanol–water partition coefficient (Wildman–Crippen LogP) is 8.03. The summed E-state index contributed by atoms with van der Waals surface area (Å²) < 4.78 is 2.34. The minimum absolute atomic E-state index is 0.189. The molecule has 0 amide bonds. The first-order valence-electron chi connectivity index (χ1n) is 13.6. The van der Waals surface area contributed by atoms with Crippen molar-refractivity contribution in [1.29, 1.82) is 5.26 Å². The zero-order valence-electron chi connectivity index (χ0n) is 22.0. The van der Waals surface area contributed by atoms with Crippen LogP contribution < -0.4 is 0 Å². The molecule has 4 heteroatoms. The molecule has 5 aromatic rings. The molecule has 194 valence electrons. The van der Waals surface area contributed by atoms with Crippen LogP contribution in [0.2, 0.25) is 0 Å². The van der Waals surface area contributed by atoms with Crippen LogP contribution in [0, 0.1) is 11.3 Å². The second-order valence-electron chi connectivity index (χ2n) is 10.0. The van der Waals surface area contributed by atoms with E-state index in [1.54, 1.807) is 12.1 Å². The Morgan fingerprint density at radius 1 is 0.692 bits per heavy atom. The Hall–Kier alpha value is -4.62. The smallest absolute Gasteiger partial charge is 0.121 e. The molecule has 0 atom stereocenters. The second kappa shape index (κ2) is 12.3. The second-order valence-corrected chi connectivity index (χ2v) is 10.0. The summed E-state index contributed by atoms with van der Waals surface area (Å²) in [5.74, 6) is 0.772. The summed E-state index contributed by atoms with van der Waals surface area (Å²) in [7, 11) is 0. The van der Waals surface area contributed by atoms with Crippen molar-refractivity contribution < 1.29 is 5.11 Å². The van der Waals surface area contributed by atoms with E-state index in [-0.39, 0.29) is 5.75 Å². The molecule has 1 fully saturated rings. The number of rotatable bonds is 5. The van der Waals surface area contributed by atoms with Crippen LogP contribution in [0.3, 0.4) is 0 Å². The van der Waals surface area contributed by atoms with Crippen LogP contribution in [-0.2, 0) is 5.54 Å². The van der Waals surface area contributed by atoms with Gasteiger partial charge in [-0.1, -0.05) is 110 Å². The van der Waals surface area contributed by atoms with Crippen LogP contribution in [0.25, 0.3) is 0 Å². The van der Waals surface area contributed by atoms with Gasteiger partial charge in [0.1, 0.15) is 11.3 Å². The van der Waals surface area contributed by atoms with Crippen molar-refractivity contribution in [1.82, 2.24) is 9.55 Å². The molecule has 1 N–H and O–H groups in total. The van der Waals surface area contributed by atoms with E-state index in [4.69, 9.17) is 15.4 Å². The molecule has 0 saturated heterocycles. The van der Waals surface area contributed by atoms with Gasteiger partial charge in [-0.3, -0.25) is 0 Å². The van der Waals surface area contributed by atoms with Gasteiger partial charge < -0.3 is 9.67 Å². The molecule has 4 aromatic carbocycles. The average Bonchev–Trinajstić information content (AvgIpc) is 3.51. The van der Waals surface area contributed by atoms with Gasteiger partial charge >= 0.3 is 0 Å². The van der Waals surface area contributed by atoms with E-state index >= 15 is 0 Å². The van der Waals surface area contributed by atoms with Crippen LogP contribution >= 0.6 is 0 Å². The highest BCUT2D eigenvalue weighted by atomic mass is 16.3. The molecule has 1 aliphatic carbocycles. The third-order valence-corrected chi connectivity index (χ3v) is 7.58. The zero-order chi connectivity index (χ0) is 26.9. The van der Waals surface area contributed by atoms with E-state index in [1.807, 2.05) is 6.07 Å². The number of phenols is 1. The van der Waals surface area contributed by atoms with Gasteiger partial charge in [-0.2, -0.15) is 5.26 Å². The molecule has 1 aliphatic rings. The lowest BCUT2D eigenvalue weighted by Crippen LogP contribution is -2.37. The zero-order valence-corrected chi connectivity index (χ0v) is 22.0. The molecule has 1 aromatic heterocycles. The quantitative estimate of drug-likeness (QED) is 0.243. The minimum atomic E-state index is -0.455. The summed E-state index contributed by atoms with van der Waals surface area (Å²) in [6.45, 7) is 0. The van der Waals surface area contributed by atoms with Crippen molar-refractivity contribution in [3.05, 3.63) is 156 Å². The van der Waals surface area contributed by atoms with Crippen molar-refractivity contribution in [3.8, 4) is 11.8 Å². The highest BCUT2D eigenvalue weighted by Crippen LogP contribution is 2.42. The van der Waals surface area contributed by atoms with E-state index < -0.39 is 5.54 Å². The number of hydrogen-bond acceptors (Lipinski definition) is 3. The van der Waals surface area contributed by atoms with Gasteiger partial charge in [-0.25, -0.2) is 4.98 Å². The van der Waals surface area contributed by atoms with Crippen molar-refractivity contribution in [2.24, 2.45) is 0 Å². The van der Waals surface area contributed by atoms with Gasteiger partial charge in [-0.15, -0.1) is 0 Å². The number of benzene rings is 4. The highest BCUT2D eigenvalue weighted by molar-refractivity contribution is 5.50. The summed E-state index contributed by atoms with van der Waals surface area (Å²) in [6, 6.07) is 40.5. The molecular formula is C35H33N3O. The third-order valence-electron chi connectivity index (χ3n) is 7.58. The first-order chi connectivity index (χ1) is 19.2. The molecule has 0 unspecified atom stereocenters. The monoisotopic (exact) mass is 511 g/mol. The van der Waals surface area contributed by atoms with Gasteiger partial charge in [0.05, 0.1) is 23.7 Å². The Balaban J connectivity index is 0.000000292. The lowest BCUT2D eigenvalue weighted by molar-refractivity contribution is 0.436. The molecule has 0 aliphatic heterocycles. The lowest BCUT2D eigenvalue weighted by atomic mass is 9.76. The fourth-order valence-corrected chi connectivity index (χ4v) is 5.65. The number of nitriles is 1. The van der Waals surface area contributed by atoms with E-state index in [0.29, 0.717) is 11.5 Å². The van der Waals surface area contributed by atoms with Crippen molar-refractivity contribution in [2.45, 2.75) is 43.6 Å². The van der Waals surface area contributed by atoms with E-state index in [2.05, 4.69) is 108 Å². The number of phenolic OH excluding ortho intramolecular Hbond substituents is 1. The fraction of sp³-hybridized carbons (Fsp3) is 0.200. The number of nitrogens with zero attached hydrogens (tertiary/aromatic N) is 3. The van der Waals surface area contributed by atoms with Gasteiger partial charge in [0, 0.05) is 12.1 Å². The molecule has 39 heavy (non-hydrogen) atoms. The average molecular weight is 512 g/mol. The molecule has 1 heterocycles. The normalized spacial score (nSPS) is 13.6. The number of aromatic nitrogens is 2. The summed E-state index contributed by atoms with van der Waals surface area (Å²) in [6.07, 6.45) is 10.9. The standard InChI is InChI=1S/C28H28N2.C7H5NO/c1-5-13-23(14-6-1)27-21-30(22-29-27)28(24-15-7-2-8-16-24,25-17-9-3-10-18-25)26-19-11-4-12-20-26;8-5-6-1-3-7(9)4-2-6/h2-4,7-12,15-23H,1,5-6,13-14H2;1-4,9H. The Bertz CT molecular complexity index is 1380. The molecule has 4 nitrogen and oxygen atoms in total. The number of aromatic hydroxyl groups is 1. The Morgan fingerprint density at radius 3 is 1.64 bits per heavy atom. The number of hydrogen-bond donors (Lipinski definition) is 1. The molecule has 0 spiro atoms. The SMILES string of the molecule is N#Cc1ccc(O)cc1.c1ccc(C(c2ccccc2)(c2ccccc2)n2cnc(C3CCCCC3)c2)cc1. The topological polar surface area (TPSA) is 61.8 Å². The first-order valence-corrected chi connectivity index (χ1v) is 13.6. The van der Waals surface area contributed by atoms with Crippen LogP contribution in [0.1, 0.15) is 66.0 Å². The van der Waals surface area contributed by atoms with E-state index in [1.165, 1.54) is 66.6 Å². The Kier molecular flexibility index (Phi) is 8.19. The van der Waals surface area contributed by atoms with Crippen molar-refractivity contribution in [3.63, 3.8) is 0 Å². The molecule has 6 rings (SSSR count). The van der Waals surface area contributed by atoms with Crippen molar-refractivity contribution >= 4 is 0 Å². The summed E-state index contributed by atoms with van der Waals surface area (Å²) >= 11 is 0. The first kappa shape index (κ1) is 26.0. The van der Waals surface area contributed by atoms with Gasteiger partial charge in [0.15, 0.2) is 0 Å². The van der Waals surface area contributed by atoms with Gasteiger partial charge in [0.25, 0.3) is 0 Å². The van der Waals surface area contributed by atoms with Gasteiger partial charge in [-0.05, 0) is 53.8 Å². The van der Waals surface area contributed by atoms with Gasteiger partial charge in [0.2, 0.25) is 0 Å². The Labute approximate surface area is 230 Å². The van der Waals surface area contributed by atoms with E-state index in [0.717, 1.165) is 0 Å². The summed E-state index contributed by atoms with van der Waals surface area (Å²) in [5.41, 5.74) is 5.08. The predicted molar refractivity (Wildman–Crippen MR) is 155 cm³/mol. The van der Waals surface area contributed by atoms with Crippen LogP contribution in [0.4, 0.5) is 0 Å². The Morgan fingerprint density at radius 2 is 1.18 bits per heavy atom. The highest BCUT2D eigenvalue weighted by Gasteiger charge is 2.38. The number of imidazole rings is 1. The third kappa shape index (κ3) is 5.63. The van der Waals surface area contributed by atoms with Crippen LogP contribution in [0.15, 0.2) is 128 Å². The van der Waals surface area contributed by atoms with Crippen LogP contribution in [-0.4, -0.2) is 14.7 Å². The summed E-state index contributed by atoms with van der Waals surface area (Å²) in [4.78, 5) is 4.95. The minimum Gasteiger partial charge on any atom is -0.508 e. The molecule has 1 saturated carbocycles. The molecule has 0 bridgehead atoms. The maximum absolute atomic E-state index is 8.74. The van der Waals surface area contributed by atoms with Crippen LogP contribution in [0.5, 0.6) is 5.75 Å². The maximum Gasteiger partial charge on any atom is 0.121 e. The summed E-state index contributed by atoms with van der Waals surface area (Å²) in [5, 5.41) is 17.0.